The molecule has 0 spiro atoms. The number of oxazole rings is 1. The van der Waals surface area contributed by atoms with Gasteiger partial charge in [-0.05, 0) is 49.9 Å². The molecule has 2 aromatic carbocycles. The van der Waals surface area contributed by atoms with Crippen molar-refractivity contribution >= 4 is 17.1 Å². The van der Waals surface area contributed by atoms with Crippen LogP contribution in [0.25, 0.3) is 11.1 Å². The molecule has 154 valence electrons. The molecule has 2 N–H and O–H groups in total. The molecule has 0 bridgehead atoms. The number of piperidine rings is 1. The maximum absolute atomic E-state index is 5.85. The molecule has 6 nitrogen and oxygen atoms in total. The number of likely N-dealkylation sites (tertiary alicyclic amines) is 1. The van der Waals surface area contributed by atoms with Crippen LogP contribution < -0.4 is 5.32 Å². The van der Waals surface area contributed by atoms with Crippen LogP contribution in [0.1, 0.15) is 41.3 Å². The first-order valence-electron chi connectivity index (χ1n) is 10.6. The molecule has 30 heavy (non-hydrogen) atoms. The van der Waals surface area contributed by atoms with E-state index in [2.05, 4.69) is 57.2 Å². The Morgan fingerprint density at radius 3 is 2.73 bits per heavy atom. The van der Waals surface area contributed by atoms with E-state index >= 15 is 0 Å². The Hall–Kier alpha value is -3.12. The minimum absolute atomic E-state index is 0.192. The van der Waals surface area contributed by atoms with Gasteiger partial charge in [0.1, 0.15) is 5.52 Å². The predicted octanol–water partition coefficient (Wildman–Crippen LogP) is 4.83. The number of fused-ring (bicyclic) bond motifs is 1. The normalized spacial score (nSPS) is 16.7. The summed E-state index contributed by atoms with van der Waals surface area (Å²) in [6, 6.07) is 15.8. The zero-order valence-electron chi connectivity index (χ0n) is 17.4. The molecule has 1 fully saturated rings. The first kappa shape index (κ1) is 18.9. The van der Waals surface area contributed by atoms with Gasteiger partial charge in [0, 0.05) is 25.3 Å². The van der Waals surface area contributed by atoms with Crippen LogP contribution in [0.15, 0.2) is 59.4 Å². The smallest absolute Gasteiger partial charge is 0.295 e. The zero-order chi connectivity index (χ0) is 20.5. The van der Waals surface area contributed by atoms with E-state index < -0.39 is 0 Å². The van der Waals surface area contributed by atoms with E-state index in [4.69, 9.17) is 4.42 Å². The van der Waals surface area contributed by atoms with E-state index in [9.17, 15) is 0 Å². The number of para-hydroxylation sites is 2. The number of imidazole rings is 1. The monoisotopic (exact) mass is 401 g/mol. The number of aryl methyl sites for hydroxylation is 2. The van der Waals surface area contributed by atoms with Gasteiger partial charge in [0.2, 0.25) is 0 Å². The molecule has 1 atom stereocenters. The highest BCUT2D eigenvalue weighted by Crippen LogP contribution is 2.33. The van der Waals surface area contributed by atoms with Gasteiger partial charge in [-0.1, -0.05) is 35.9 Å². The van der Waals surface area contributed by atoms with Crippen LogP contribution in [0.4, 0.5) is 6.01 Å². The van der Waals surface area contributed by atoms with Gasteiger partial charge in [0.25, 0.3) is 6.01 Å². The minimum atomic E-state index is 0.192. The SMILES string of the molecule is Cc1ccc(C)c(C(c2cnc[nH]2)N2CCC(Nc3nc4ccccc4o3)CC2)c1. The second kappa shape index (κ2) is 7.95. The van der Waals surface area contributed by atoms with E-state index in [-0.39, 0.29) is 6.04 Å². The molecule has 0 saturated carbocycles. The summed E-state index contributed by atoms with van der Waals surface area (Å²) in [6.45, 7) is 6.34. The lowest BCUT2D eigenvalue weighted by Crippen LogP contribution is -2.41. The second-order valence-corrected chi connectivity index (χ2v) is 8.21. The topological polar surface area (TPSA) is 70.0 Å². The van der Waals surface area contributed by atoms with Gasteiger partial charge in [0.15, 0.2) is 5.58 Å². The van der Waals surface area contributed by atoms with Crippen molar-refractivity contribution in [2.45, 2.75) is 38.8 Å². The average Bonchev–Trinajstić information content (AvgIpc) is 3.41. The molecule has 6 heteroatoms. The van der Waals surface area contributed by atoms with Crippen LogP contribution in [-0.2, 0) is 0 Å². The number of hydrogen-bond donors (Lipinski definition) is 2. The highest BCUT2D eigenvalue weighted by Gasteiger charge is 2.29. The summed E-state index contributed by atoms with van der Waals surface area (Å²) < 4.78 is 5.85. The van der Waals surface area contributed by atoms with Gasteiger partial charge in [-0.25, -0.2) is 4.98 Å². The van der Waals surface area contributed by atoms with Gasteiger partial charge >= 0.3 is 0 Å². The number of benzene rings is 2. The Kier molecular flexibility index (Phi) is 5.01. The number of H-pyrrole nitrogens is 1. The largest absolute Gasteiger partial charge is 0.424 e. The number of anilines is 1. The van der Waals surface area contributed by atoms with Crippen molar-refractivity contribution in [1.29, 1.82) is 0 Å². The van der Waals surface area contributed by atoms with E-state index in [1.165, 1.54) is 16.7 Å². The highest BCUT2D eigenvalue weighted by molar-refractivity contribution is 5.74. The van der Waals surface area contributed by atoms with E-state index in [1.54, 1.807) is 6.33 Å². The lowest BCUT2D eigenvalue weighted by molar-refractivity contribution is 0.176. The van der Waals surface area contributed by atoms with Gasteiger partial charge in [-0.3, -0.25) is 4.90 Å². The summed E-state index contributed by atoms with van der Waals surface area (Å²) in [5.41, 5.74) is 6.82. The van der Waals surface area contributed by atoms with Crippen molar-refractivity contribution in [3.8, 4) is 0 Å². The zero-order valence-corrected chi connectivity index (χ0v) is 17.4. The van der Waals surface area contributed by atoms with Crippen molar-refractivity contribution in [2.24, 2.45) is 0 Å². The fourth-order valence-electron chi connectivity index (χ4n) is 4.44. The fourth-order valence-corrected chi connectivity index (χ4v) is 4.44. The van der Waals surface area contributed by atoms with Gasteiger partial charge in [-0.15, -0.1) is 0 Å². The number of aromatic nitrogens is 3. The lowest BCUT2D eigenvalue weighted by Gasteiger charge is -2.38. The summed E-state index contributed by atoms with van der Waals surface area (Å²) in [4.78, 5) is 14.8. The quantitative estimate of drug-likeness (QED) is 0.501. The average molecular weight is 402 g/mol. The summed E-state index contributed by atoms with van der Waals surface area (Å²) in [6.07, 6.45) is 5.80. The summed E-state index contributed by atoms with van der Waals surface area (Å²) in [5.74, 6) is 0. The molecule has 0 radical (unpaired) electrons. The van der Waals surface area contributed by atoms with Crippen LogP contribution in [0.3, 0.4) is 0 Å². The Morgan fingerprint density at radius 2 is 1.97 bits per heavy atom. The van der Waals surface area contributed by atoms with Gasteiger partial charge in [-0.2, -0.15) is 4.98 Å². The van der Waals surface area contributed by atoms with E-state index in [1.807, 2.05) is 30.5 Å². The van der Waals surface area contributed by atoms with E-state index in [0.29, 0.717) is 12.1 Å². The van der Waals surface area contributed by atoms with Crippen molar-refractivity contribution < 1.29 is 4.42 Å². The number of rotatable bonds is 5. The molecule has 1 saturated heterocycles. The van der Waals surface area contributed by atoms with Gasteiger partial charge < -0.3 is 14.7 Å². The molecule has 4 aromatic rings. The Labute approximate surface area is 176 Å². The summed E-state index contributed by atoms with van der Waals surface area (Å²) in [5, 5.41) is 3.50. The molecule has 2 aromatic heterocycles. The Morgan fingerprint density at radius 1 is 1.13 bits per heavy atom. The van der Waals surface area contributed by atoms with Crippen LogP contribution in [-0.4, -0.2) is 39.0 Å². The standard InChI is InChI=1S/C24H27N5O/c1-16-7-8-17(2)19(13-16)23(21-14-25-15-26-21)29-11-9-18(10-12-29)27-24-28-20-5-3-4-6-22(20)30-24/h3-8,13-15,18,23H,9-12H2,1-2H3,(H,25,26)(H,27,28). The molecule has 3 heterocycles. The number of aromatic amines is 1. The summed E-state index contributed by atoms with van der Waals surface area (Å²) in [7, 11) is 0. The van der Waals surface area contributed by atoms with Crippen molar-refractivity contribution in [1.82, 2.24) is 19.9 Å². The van der Waals surface area contributed by atoms with Crippen molar-refractivity contribution in [2.75, 3.05) is 18.4 Å². The molecular formula is C24H27N5O. The molecule has 0 aliphatic carbocycles. The third-order valence-electron chi connectivity index (χ3n) is 6.06. The maximum atomic E-state index is 5.85. The van der Waals surface area contributed by atoms with Crippen LogP contribution >= 0.6 is 0 Å². The van der Waals surface area contributed by atoms with Gasteiger partial charge in [0.05, 0.1) is 18.1 Å². The van der Waals surface area contributed by atoms with Crippen molar-refractivity contribution in [3.05, 3.63) is 77.4 Å². The van der Waals surface area contributed by atoms with Crippen LogP contribution in [0.5, 0.6) is 0 Å². The van der Waals surface area contributed by atoms with Crippen LogP contribution in [0.2, 0.25) is 0 Å². The second-order valence-electron chi connectivity index (χ2n) is 8.21. The predicted molar refractivity (Wildman–Crippen MR) is 119 cm³/mol. The molecule has 1 unspecified atom stereocenters. The maximum Gasteiger partial charge on any atom is 0.295 e. The molecule has 0 amide bonds. The Bertz CT molecular complexity index is 1090. The molecule has 5 rings (SSSR count). The lowest BCUT2D eigenvalue weighted by atomic mass is 9.93. The first-order chi connectivity index (χ1) is 14.7. The third-order valence-corrected chi connectivity index (χ3v) is 6.06. The third kappa shape index (κ3) is 3.71. The molecule has 1 aliphatic heterocycles. The first-order valence-corrected chi connectivity index (χ1v) is 10.6. The van der Waals surface area contributed by atoms with Crippen molar-refractivity contribution in [3.63, 3.8) is 0 Å². The van der Waals surface area contributed by atoms with E-state index in [0.717, 1.165) is 42.7 Å². The minimum Gasteiger partial charge on any atom is -0.424 e. The summed E-state index contributed by atoms with van der Waals surface area (Å²) >= 11 is 0. The number of nitrogens with one attached hydrogen (secondary N) is 2. The molecular weight excluding hydrogens is 374 g/mol. The number of hydrogen-bond acceptors (Lipinski definition) is 5. The van der Waals surface area contributed by atoms with Crippen LogP contribution in [0, 0.1) is 13.8 Å². The molecule has 1 aliphatic rings. The number of nitrogens with zero attached hydrogens (tertiary/aromatic N) is 3. The Balaban J connectivity index is 1.32. The fraction of sp³-hybridized carbons (Fsp3) is 0.333. The highest BCUT2D eigenvalue weighted by atomic mass is 16.4.